The van der Waals surface area contributed by atoms with Gasteiger partial charge in [-0.1, -0.05) is 0 Å². The fraction of sp³-hybridized carbons (Fsp3) is 0.190. The van der Waals surface area contributed by atoms with Crippen molar-refractivity contribution in [2.24, 2.45) is 0 Å². The van der Waals surface area contributed by atoms with Gasteiger partial charge in [0.05, 0.1) is 0 Å². The summed E-state index contributed by atoms with van der Waals surface area (Å²) in [6, 6.07) is 14.9. The summed E-state index contributed by atoms with van der Waals surface area (Å²) in [7, 11) is 1.63. The summed E-state index contributed by atoms with van der Waals surface area (Å²) in [6.07, 6.45) is 2.40. The molecular formula is C21H21FN4O2. The summed E-state index contributed by atoms with van der Waals surface area (Å²) >= 11 is 0. The fourth-order valence-electron chi connectivity index (χ4n) is 2.54. The molecule has 1 aromatic heterocycles. The maximum absolute atomic E-state index is 13.1. The monoisotopic (exact) mass is 380 g/mol. The molecule has 28 heavy (non-hydrogen) atoms. The third-order valence-corrected chi connectivity index (χ3v) is 3.99. The molecule has 2 N–H and O–H groups in total. The number of nitrogens with one attached hydrogen (secondary N) is 2. The Morgan fingerprint density at radius 1 is 1.07 bits per heavy atom. The van der Waals surface area contributed by atoms with Crippen molar-refractivity contribution in [1.82, 2.24) is 15.3 Å². The zero-order valence-corrected chi connectivity index (χ0v) is 15.5. The van der Waals surface area contributed by atoms with E-state index in [1.807, 2.05) is 12.1 Å². The molecule has 144 valence electrons. The van der Waals surface area contributed by atoms with Gasteiger partial charge in [-0.2, -0.15) is 0 Å². The highest BCUT2D eigenvalue weighted by molar-refractivity contribution is 5.94. The number of amides is 1. The zero-order valence-electron chi connectivity index (χ0n) is 15.5. The van der Waals surface area contributed by atoms with Crippen molar-refractivity contribution in [2.45, 2.75) is 6.42 Å². The number of nitrogens with zero attached hydrogens (tertiary/aromatic N) is 2. The quantitative estimate of drug-likeness (QED) is 0.582. The number of aromatic nitrogens is 2. The van der Waals surface area contributed by atoms with E-state index in [0.717, 1.165) is 17.7 Å². The molecule has 0 saturated heterocycles. The maximum atomic E-state index is 13.1. The molecule has 0 aliphatic carbocycles. The molecule has 0 spiro atoms. The summed E-state index contributed by atoms with van der Waals surface area (Å²) in [4.78, 5) is 20.8. The second-order valence-corrected chi connectivity index (χ2v) is 6.08. The van der Waals surface area contributed by atoms with Gasteiger partial charge in [-0.3, -0.25) is 4.79 Å². The summed E-state index contributed by atoms with van der Waals surface area (Å²) in [5, 5.41) is 6.02. The standard InChI is InChI=1S/C21H21FN4O2/c1-28-14-2-12-24-21(27)16-5-9-18(10-6-16)25-19-11-13-23-20(26-19)15-3-7-17(22)8-4-15/h3-11,13H,2,12,14H2,1H3,(H,24,27)(H,23,25,26). The van der Waals surface area contributed by atoms with Crippen LogP contribution in [0.15, 0.2) is 60.8 Å². The summed E-state index contributed by atoms with van der Waals surface area (Å²) in [5.74, 6) is 0.673. The first-order valence-electron chi connectivity index (χ1n) is 8.89. The number of carbonyl (C=O) groups excluding carboxylic acids is 1. The molecule has 3 aromatic rings. The number of anilines is 2. The highest BCUT2D eigenvalue weighted by atomic mass is 19.1. The van der Waals surface area contributed by atoms with Crippen LogP contribution in [0, 0.1) is 5.82 Å². The van der Waals surface area contributed by atoms with Crippen LogP contribution in [0.3, 0.4) is 0 Å². The molecule has 0 saturated carbocycles. The van der Waals surface area contributed by atoms with E-state index < -0.39 is 0 Å². The van der Waals surface area contributed by atoms with Crippen LogP contribution in [0.5, 0.6) is 0 Å². The van der Waals surface area contributed by atoms with Crippen molar-refractivity contribution < 1.29 is 13.9 Å². The largest absolute Gasteiger partial charge is 0.385 e. The van der Waals surface area contributed by atoms with Gasteiger partial charge in [-0.15, -0.1) is 0 Å². The Kier molecular flexibility index (Phi) is 6.64. The van der Waals surface area contributed by atoms with E-state index in [0.29, 0.717) is 30.4 Å². The lowest BCUT2D eigenvalue weighted by molar-refractivity contribution is 0.0948. The Bertz CT molecular complexity index is 914. The Balaban J connectivity index is 1.63. The number of benzene rings is 2. The Hall–Kier alpha value is -3.32. The lowest BCUT2D eigenvalue weighted by Crippen LogP contribution is -2.25. The maximum Gasteiger partial charge on any atom is 0.251 e. The molecule has 0 fully saturated rings. The topological polar surface area (TPSA) is 76.1 Å². The predicted molar refractivity (Wildman–Crippen MR) is 106 cm³/mol. The van der Waals surface area contributed by atoms with E-state index >= 15 is 0 Å². The fourth-order valence-corrected chi connectivity index (χ4v) is 2.54. The lowest BCUT2D eigenvalue weighted by atomic mass is 10.2. The molecule has 1 heterocycles. The van der Waals surface area contributed by atoms with Gasteiger partial charge in [-0.25, -0.2) is 14.4 Å². The molecule has 0 radical (unpaired) electrons. The first-order chi connectivity index (χ1) is 13.7. The predicted octanol–water partition coefficient (Wildman–Crippen LogP) is 3.79. The number of ether oxygens (including phenoxy) is 1. The molecule has 7 heteroatoms. The molecule has 2 aromatic carbocycles. The van der Waals surface area contributed by atoms with E-state index in [-0.39, 0.29) is 11.7 Å². The zero-order chi connectivity index (χ0) is 19.8. The molecule has 0 bridgehead atoms. The molecular weight excluding hydrogens is 359 g/mol. The summed E-state index contributed by atoms with van der Waals surface area (Å²) in [6.45, 7) is 1.18. The molecule has 0 unspecified atom stereocenters. The molecule has 6 nitrogen and oxygen atoms in total. The lowest BCUT2D eigenvalue weighted by Gasteiger charge is -2.09. The Morgan fingerprint density at radius 3 is 2.54 bits per heavy atom. The number of halogens is 1. The van der Waals surface area contributed by atoms with Crippen LogP contribution >= 0.6 is 0 Å². The highest BCUT2D eigenvalue weighted by Gasteiger charge is 2.06. The molecule has 0 aliphatic heterocycles. The molecule has 0 aliphatic rings. The average molecular weight is 380 g/mol. The normalized spacial score (nSPS) is 10.5. The van der Waals surface area contributed by atoms with E-state index in [9.17, 15) is 9.18 Å². The summed E-state index contributed by atoms with van der Waals surface area (Å²) < 4.78 is 18.0. The SMILES string of the molecule is COCCCNC(=O)c1ccc(Nc2ccnc(-c3ccc(F)cc3)n2)cc1. The summed E-state index contributed by atoms with van der Waals surface area (Å²) in [5.41, 5.74) is 2.10. The Morgan fingerprint density at radius 2 is 1.82 bits per heavy atom. The van der Waals surface area contributed by atoms with Gasteiger partial charge < -0.3 is 15.4 Å². The van der Waals surface area contributed by atoms with Crippen molar-refractivity contribution in [3.8, 4) is 11.4 Å². The molecule has 3 rings (SSSR count). The van der Waals surface area contributed by atoms with Crippen molar-refractivity contribution in [1.29, 1.82) is 0 Å². The van der Waals surface area contributed by atoms with Gasteiger partial charge in [0.2, 0.25) is 0 Å². The van der Waals surface area contributed by atoms with E-state index in [1.165, 1.54) is 12.1 Å². The number of hydrogen-bond acceptors (Lipinski definition) is 5. The van der Waals surface area contributed by atoms with Crippen LogP contribution in [0.4, 0.5) is 15.9 Å². The number of rotatable bonds is 8. The molecule has 0 atom stereocenters. The number of carbonyl (C=O) groups is 1. The van der Waals surface area contributed by atoms with Gasteiger partial charge in [0.15, 0.2) is 5.82 Å². The van der Waals surface area contributed by atoms with Crippen LogP contribution in [0.25, 0.3) is 11.4 Å². The van der Waals surface area contributed by atoms with E-state index in [4.69, 9.17) is 4.74 Å². The number of methoxy groups -OCH3 is 1. The first-order valence-corrected chi connectivity index (χ1v) is 8.89. The minimum Gasteiger partial charge on any atom is -0.385 e. The van der Waals surface area contributed by atoms with E-state index in [2.05, 4.69) is 20.6 Å². The minimum absolute atomic E-state index is 0.122. The van der Waals surface area contributed by atoms with Crippen LogP contribution in [-0.2, 0) is 4.74 Å². The van der Waals surface area contributed by atoms with Gasteiger partial charge in [0, 0.05) is 43.3 Å². The number of hydrogen-bond donors (Lipinski definition) is 2. The van der Waals surface area contributed by atoms with Crippen LogP contribution in [-0.4, -0.2) is 36.1 Å². The van der Waals surface area contributed by atoms with Gasteiger partial charge in [0.1, 0.15) is 11.6 Å². The molecule has 1 amide bonds. The average Bonchev–Trinajstić information content (AvgIpc) is 2.72. The third-order valence-electron chi connectivity index (χ3n) is 3.99. The van der Waals surface area contributed by atoms with Crippen LogP contribution < -0.4 is 10.6 Å². The highest BCUT2D eigenvalue weighted by Crippen LogP contribution is 2.19. The van der Waals surface area contributed by atoms with Crippen molar-refractivity contribution in [2.75, 3.05) is 25.6 Å². The van der Waals surface area contributed by atoms with Crippen LogP contribution in [0.1, 0.15) is 16.8 Å². The minimum atomic E-state index is -0.305. The first kappa shape index (κ1) is 19.4. The third kappa shape index (κ3) is 5.34. The van der Waals surface area contributed by atoms with Gasteiger partial charge in [-0.05, 0) is 61.0 Å². The second-order valence-electron chi connectivity index (χ2n) is 6.08. The van der Waals surface area contributed by atoms with Crippen molar-refractivity contribution in [3.05, 3.63) is 72.2 Å². The van der Waals surface area contributed by atoms with Crippen LogP contribution in [0.2, 0.25) is 0 Å². The second kappa shape index (κ2) is 9.57. The van der Waals surface area contributed by atoms with Crippen molar-refractivity contribution >= 4 is 17.4 Å². The Labute approximate surface area is 162 Å². The smallest absolute Gasteiger partial charge is 0.251 e. The van der Waals surface area contributed by atoms with Gasteiger partial charge >= 0.3 is 0 Å². The van der Waals surface area contributed by atoms with Gasteiger partial charge in [0.25, 0.3) is 5.91 Å². The van der Waals surface area contributed by atoms with Crippen molar-refractivity contribution in [3.63, 3.8) is 0 Å². The van der Waals surface area contributed by atoms with E-state index in [1.54, 1.807) is 43.6 Å².